The highest BCUT2D eigenvalue weighted by molar-refractivity contribution is 6.33. The van der Waals surface area contributed by atoms with Gasteiger partial charge in [0, 0.05) is 18.4 Å². The number of hydrazone groups is 1. The van der Waals surface area contributed by atoms with E-state index in [4.69, 9.17) is 21.1 Å². The molecule has 0 fully saturated rings. The van der Waals surface area contributed by atoms with Crippen LogP contribution in [0.1, 0.15) is 44.6 Å². The van der Waals surface area contributed by atoms with E-state index in [0.717, 1.165) is 19.3 Å². The lowest BCUT2D eigenvalue weighted by Gasteiger charge is -2.13. The zero-order chi connectivity index (χ0) is 22.5. The van der Waals surface area contributed by atoms with Crippen molar-refractivity contribution in [3.8, 4) is 11.5 Å². The fourth-order valence-corrected chi connectivity index (χ4v) is 2.89. The van der Waals surface area contributed by atoms with Gasteiger partial charge in [-0.15, -0.1) is 0 Å². The van der Waals surface area contributed by atoms with Crippen molar-refractivity contribution in [3.63, 3.8) is 0 Å². The lowest BCUT2D eigenvalue weighted by molar-refractivity contribution is -0.124. The van der Waals surface area contributed by atoms with Crippen LogP contribution < -0.4 is 20.2 Å². The smallest absolute Gasteiger partial charge is 0.240 e. The number of unbranched alkanes of at least 4 members (excludes halogenated alkanes) is 2. The zero-order valence-electron chi connectivity index (χ0n) is 17.8. The van der Waals surface area contributed by atoms with Gasteiger partial charge in [0.05, 0.1) is 30.6 Å². The fourth-order valence-electron chi connectivity index (χ4n) is 2.71. The van der Waals surface area contributed by atoms with Crippen molar-refractivity contribution in [1.29, 1.82) is 0 Å². The number of para-hydroxylation sites is 2. The Labute approximate surface area is 187 Å². The minimum Gasteiger partial charge on any atom is -0.493 e. The normalized spacial score (nSPS) is 10.7. The fraction of sp³-hybridized carbons (Fsp3) is 0.348. The van der Waals surface area contributed by atoms with Crippen molar-refractivity contribution in [2.45, 2.75) is 39.0 Å². The Kier molecular flexibility index (Phi) is 10.4. The average molecular weight is 446 g/mol. The summed E-state index contributed by atoms with van der Waals surface area (Å²) in [5, 5.41) is 7.10. The first kappa shape index (κ1) is 24.2. The third kappa shape index (κ3) is 8.30. The SMILES string of the molecule is CCCCCOc1c(C=NNC(=O)CCC(=O)Nc2ccccc2Cl)cccc1OC. The predicted octanol–water partition coefficient (Wildman–Crippen LogP) is 4.79. The van der Waals surface area contributed by atoms with Gasteiger partial charge in [-0.2, -0.15) is 5.10 Å². The second kappa shape index (κ2) is 13.3. The molecule has 166 valence electrons. The molecule has 0 saturated carbocycles. The average Bonchev–Trinajstić information content (AvgIpc) is 2.77. The number of ether oxygens (including phenoxy) is 2. The van der Waals surface area contributed by atoms with Crippen LogP contribution in [-0.2, 0) is 9.59 Å². The molecule has 0 aliphatic rings. The summed E-state index contributed by atoms with van der Waals surface area (Å²) >= 11 is 6.01. The van der Waals surface area contributed by atoms with E-state index in [9.17, 15) is 9.59 Å². The summed E-state index contributed by atoms with van der Waals surface area (Å²) in [5.74, 6) is 0.503. The van der Waals surface area contributed by atoms with Gasteiger partial charge in [-0.05, 0) is 30.7 Å². The lowest BCUT2D eigenvalue weighted by atomic mass is 10.2. The third-order valence-corrected chi connectivity index (χ3v) is 4.67. The van der Waals surface area contributed by atoms with Crippen molar-refractivity contribution in [2.24, 2.45) is 5.10 Å². The van der Waals surface area contributed by atoms with Crippen molar-refractivity contribution in [2.75, 3.05) is 19.0 Å². The number of nitrogens with one attached hydrogen (secondary N) is 2. The first-order valence-electron chi connectivity index (χ1n) is 10.2. The molecule has 7 nitrogen and oxygen atoms in total. The Hall–Kier alpha value is -3.06. The second-order valence-corrected chi connectivity index (χ2v) is 7.16. The molecule has 0 aliphatic heterocycles. The Bertz CT molecular complexity index is 902. The van der Waals surface area contributed by atoms with Crippen LogP contribution in [0.15, 0.2) is 47.6 Å². The van der Waals surface area contributed by atoms with E-state index < -0.39 is 0 Å². The number of nitrogens with zero attached hydrogens (tertiary/aromatic N) is 1. The molecule has 0 radical (unpaired) electrons. The van der Waals surface area contributed by atoms with Crippen molar-refractivity contribution >= 4 is 35.3 Å². The van der Waals surface area contributed by atoms with E-state index >= 15 is 0 Å². The number of anilines is 1. The molecular formula is C23H28ClN3O4. The summed E-state index contributed by atoms with van der Waals surface area (Å²) in [6.07, 6.45) is 4.63. The maximum atomic E-state index is 12.0. The van der Waals surface area contributed by atoms with Gasteiger partial charge in [-0.25, -0.2) is 5.43 Å². The van der Waals surface area contributed by atoms with Gasteiger partial charge in [-0.1, -0.05) is 49.6 Å². The Morgan fingerprint density at radius 1 is 1.06 bits per heavy atom. The van der Waals surface area contributed by atoms with Gasteiger partial charge in [0.1, 0.15) is 0 Å². The van der Waals surface area contributed by atoms with E-state index in [1.54, 1.807) is 31.4 Å². The Balaban J connectivity index is 1.86. The van der Waals surface area contributed by atoms with Gasteiger partial charge in [0.2, 0.25) is 11.8 Å². The standard InChI is InChI=1S/C23H28ClN3O4/c1-3-4-7-15-31-23-17(9-8-12-20(23)30-2)16-25-27-22(29)14-13-21(28)26-19-11-6-5-10-18(19)24/h5-6,8-12,16H,3-4,7,13-15H2,1-2H3,(H,26,28)(H,27,29). The van der Waals surface area contributed by atoms with Crippen LogP contribution in [-0.4, -0.2) is 31.7 Å². The predicted molar refractivity (Wildman–Crippen MR) is 123 cm³/mol. The number of carbonyl (C=O) groups excluding carboxylic acids is 2. The van der Waals surface area contributed by atoms with Gasteiger partial charge < -0.3 is 14.8 Å². The van der Waals surface area contributed by atoms with Gasteiger partial charge in [-0.3, -0.25) is 9.59 Å². The lowest BCUT2D eigenvalue weighted by Crippen LogP contribution is -2.20. The quantitative estimate of drug-likeness (QED) is 0.279. The second-order valence-electron chi connectivity index (χ2n) is 6.76. The first-order chi connectivity index (χ1) is 15.0. The Morgan fingerprint density at radius 3 is 2.58 bits per heavy atom. The number of methoxy groups -OCH3 is 1. The molecular weight excluding hydrogens is 418 g/mol. The molecule has 0 heterocycles. The maximum Gasteiger partial charge on any atom is 0.240 e. The van der Waals surface area contributed by atoms with Crippen LogP contribution in [0.25, 0.3) is 0 Å². The van der Waals surface area contributed by atoms with E-state index in [1.807, 2.05) is 18.2 Å². The summed E-state index contributed by atoms with van der Waals surface area (Å²) in [4.78, 5) is 24.0. The van der Waals surface area contributed by atoms with Crippen LogP contribution in [0, 0.1) is 0 Å². The van der Waals surface area contributed by atoms with E-state index in [1.165, 1.54) is 6.21 Å². The third-order valence-electron chi connectivity index (χ3n) is 4.34. The molecule has 2 aromatic rings. The molecule has 0 unspecified atom stereocenters. The van der Waals surface area contributed by atoms with Crippen LogP contribution in [0.5, 0.6) is 11.5 Å². The number of amides is 2. The largest absolute Gasteiger partial charge is 0.493 e. The molecule has 2 aromatic carbocycles. The first-order valence-corrected chi connectivity index (χ1v) is 10.6. The molecule has 2 amide bonds. The molecule has 0 spiro atoms. The van der Waals surface area contributed by atoms with E-state index in [2.05, 4.69) is 22.8 Å². The number of hydrogen-bond donors (Lipinski definition) is 2. The molecule has 0 saturated heterocycles. The monoisotopic (exact) mass is 445 g/mol. The summed E-state index contributed by atoms with van der Waals surface area (Å²) in [6.45, 7) is 2.70. The molecule has 2 N–H and O–H groups in total. The van der Waals surface area contributed by atoms with Crippen molar-refractivity contribution < 1.29 is 19.1 Å². The number of hydrogen-bond acceptors (Lipinski definition) is 5. The minimum atomic E-state index is -0.376. The number of halogens is 1. The van der Waals surface area contributed by atoms with Crippen LogP contribution in [0.2, 0.25) is 5.02 Å². The van der Waals surface area contributed by atoms with Gasteiger partial charge >= 0.3 is 0 Å². The van der Waals surface area contributed by atoms with Crippen molar-refractivity contribution in [3.05, 3.63) is 53.1 Å². The summed E-state index contributed by atoms with van der Waals surface area (Å²) in [7, 11) is 1.57. The Morgan fingerprint density at radius 2 is 1.84 bits per heavy atom. The van der Waals surface area contributed by atoms with E-state index in [-0.39, 0.29) is 24.7 Å². The number of rotatable bonds is 12. The van der Waals surface area contributed by atoms with Crippen LogP contribution in [0.3, 0.4) is 0 Å². The topological polar surface area (TPSA) is 89.0 Å². The molecule has 0 bridgehead atoms. The zero-order valence-corrected chi connectivity index (χ0v) is 18.6. The highest BCUT2D eigenvalue weighted by atomic mass is 35.5. The molecule has 2 rings (SSSR count). The minimum absolute atomic E-state index is 0.00783. The summed E-state index contributed by atoms with van der Waals surface area (Å²) < 4.78 is 11.2. The highest BCUT2D eigenvalue weighted by Gasteiger charge is 2.10. The molecule has 0 aliphatic carbocycles. The maximum absolute atomic E-state index is 12.0. The van der Waals surface area contributed by atoms with E-state index in [0.29, 0.717) is 34.4 Å². The van der Waals surface area contributed by atoms with Gasteiger partial charge in [0.15, 0.2) is 11.5 Å². The molecule has 0 aromatic heterocycles. The molecule has 8 heteroatoms. The number of carbonyl (C=O) groups is 2. The highest BCUT2D eigenvalue weighted by Crippen LogP contribution is 2.30. The molecule has 31 heavy (non-hydrogen) atoms. The van der Waals surface area contributed by atoms with Crippen LogP contribution >= 0.6 is 11.6 Å². The molecule has 0 atom stereocenters. The summed E-state index contributed by atoms with van der Waals surface area (Å²) in [6, 6.07) is 12.4. The van der Waals surface area contributed by atoms with Crippen molar-refractivity contribution in [1.82, 2.24) is 5.43 Å². The van der Waals surface area contributed by atoms with Crippen LogP contribution in [0.4, 0.5) is 5.69 Å². The summed E-state index contributed by atoms with van der Waals surface area (Å²) in [5.41, 5.74) is 3.63. The van der Waals surface area contributed by atoms with Gasteiger partial charge in [0.25, 0.3) is 0 Å². The number of benzene rings is 2.